The molecule has 2 aromatic rings. The number of hydrogen-bond donors (Lipinski definition) is 2. The van der Waals surface area contributed by atoms with Crippen LogP contribution >= 0.6 is 0 Å². The Hall–Kier alpha value is -2.69. The van der Waals surface area contributed by atoms with Crippen molar-refractivity contribution in [2.45, 2.75) is 12.8 Å². The molecule has 0 amide bonds. The Morgan fingerprint density at radius 3 is 2.23 bits per heavy atom. The summed E-state index contributed by atoms with van der Waals surface area (Å²) < 4.78 is 5.39. The number of para-hydroxylation sites is 1. The summed E-state index contributed by atoms with van der Waals surface area (Å²) in [7, 11) is 7.61. The van der Waals surface area contributed by atoms with Gasteiger partial charge in [-0.2, -0.15) is 0 Å². The summed E-state index contributed by atoms with van der Waals surface area (Å²) in [4.78, 5) is 6.39. The maximum atomic E-state index is 5.39. The molecule has 0 aliphatic heterocycles. The summed E-state index contributed by atoms with van der Waals surface area (Å²) in [6.45, 7) is 1.65. The first kappa shape index (κ1) is 19.6. The van der Waals surface area contributed by atoms with Gasteiger partial charge in [-0.3, -0.25) is 4.99 Å². The molecule has 0 aliphatic carbocycles. The number of methoxy groups -OCH3 is 1. The van der Waals surface area contributed by atoms with E-state index in [2.05, 4.69) is 65.0 Å². The third kappa shape index (κ3) is 5.99. The van der Waals surface area contributed by atoms with Gasteiger partial charge in [-0.05, 0) is 42.2 Å². The van der Waals surface area contributed by atoms with E-state index in [0.717, 1.165) is 37.6 Å². The molecule has 0 aliphatic rings. The van der Waals surface area contributed by atoms with Gasteiger partial charge >= 0.3 is 0 Å². The molecule has 26 heavy (non-hydrogen) atoms. The predicted octanol–water partition coefficient (Wildman–Crippen LogP) is 2.71. The smallest absolute Gasteiger partial charge is 0.190 e. The fourth-order valence-electron chi connectivity index (χ4n) is 2.73. The first-order valence-electron chi connectivity index (χ1n) is 8.96. The molecule has 5 nitrogen and oxygen atoms in total. The number of nitrogens with one attached hydrogen (secondary N) is 2. The van der Waals surface area contributed by atoms with E-state index < -0.39 is 0 Å². The Balaban J connectivity index is 1.74. The minimum absolute atomic E-state index is 0.803. The highest BCUT2D eigenvalue weighted by molar-refractivity contribution is 5.79. The van der Waals surface area contributed by atoms with Crippen molar-refractivity contribution in [3.63, 3.8) is 0 Å². The number of guanidine groups is 1. The Labute approximate surface area is 157 Å². The molecule has 0 atom stereocenters. The highest BCUT2D eigenvalue weighted by atomic mass is 16.5. The molecule has 0 saturated carbocycles. The van der Waals surface area contributed by atoms with Gasteiger partial charge in [0.05, 0.1) is 7.11 Å². The molecule has 0 radical (unpaired) electrons. The number of anilines is 1. The average molecular weight is 354 g/mol. The second-order valence-electron chi connectivity index (χ2n) is 6.30. The van der Waals surface area contributed by atoms with Crippen LogP contribution < -0.4 is 20.3 Å². The Bertz CT molecular complexity index is 695. The Morgan fingerprint density at radius 2 is 1.62 bits per heavy atom. The van der Waals surface area contributed by atoms with E-state index in [1.165, 1.54) is 16.8 Å². The van der Waals surface area contributed by atoms with Crippen LogP contribution in [-0.2, 0) is 12.8 Å². The van der Waals surface area contributed by atoms with Crippen molar-refractivity contribution in [1.82, 2.24) is 10.6 Å². The molecule has 2 N–H and O–H groups in total. The van der Waals surface area contributed by atoms with Crippen molar-refractivity contribution >= 4 is 11.6 Å². The summed E-state index contributed by atoms with van der Waals surface area (Å²) in [5.74, 6) is 1.75. The lowest BCUT2D eigenvalue weighted by Gasteiger charge is -2.14. The molecule has 2 rings (SSSR count). The number of nitrogens with zero attached hydrogens (tertiary/aromatic N) is 2. The average Bonchev–Trinajstić information content (AvgIpc) is 2.67. The molecule has 0 heterocycles. The lowest BCUT2D eigenvalue weighted by molar-refractivity contribution is 0.409. The summed E-state index contributed by atoms with van der Waals surface area (Å²) >= 11 is 0. The standard InChI is InChI=1S/C21H30N4O/c1-22-21(24-16-14-18-7-5-6-8-20(18)26-4)23-15-13-17-9-11-19(12-10-17)25(2)3/h5-12H,13-16H2,1-4H3,(H2,22,23,24). The predicted molar refractivity (Wildman–Crippen MR) is 111 cm³/mol. The van der Waals surface area contributed by atoms with Crippen LogP contribution in [0.1, 0.15) is 11.1 Å². The van der Waals surface area contributed by atoms with E-state index in [0.29, 0.717) is 0 Å². The second kappa shape index (κ2) is 10.3. The van der Waals surface area contributed by atoms with E-state index in [1.54, 1.807) is 14.2 Å². The third-order valence-corrected chi connectivity index (χ3v) is 4.26. The van der Waals surface area contributed by atoms with Crippen LogP contribution in [0.15, 0.2) is 53.5 Å². The molecular formula is C21H30N4O. The van der Waals surface area contributed by atoms with Gasteiger partial charge in [0.1, 0.15) is 5.75 Å². The number of aliphatic imine (C=N–C) groups is 1. The molecule has 5 heteroatoms. The fraction of sp³-hybridized carbons (Fsp3) is 0.381. The van der Waals surface area contributed by atoms with E-state index in [1.807, 2.05) is 18.2 Å². The number of benzene rings is 2. The van der Waals surface area contributed by atoms with Gasteiger partial charge in [-0.1, -0.05) is 30.3 Å². The molecule has 0 fully saturated rings. The molecular weight excluding hydrogens is 324 g/mol. The molecule has 2 aromatic carbocycles. The van der Waals surface area contributed by atoms with Gasteiger partial charge in [-0.15, -0.1) is 0 Å². The number of rotatable bonds is 8. The van der Waals surface area contributed by atoms with Crippen LogP contribution in [0.2, 0.25) is 0 Å². The third-order valence-electron chi connectivity index (χ3n) is 4.26. The summed E-state index contributed by atoms with van der Waals surface area (Å²) in [6, 6.07) is 16.8. The topological polar surface area (TPSA) is 48.9 Å². The zero-order valence-electron chi connectivity index (χ0n) is 16.2. The van der Waals surface area contributed by atoms with Crippen LogP contribution in [0.4, 0.5) is 5.69 Å². The monoisotopic (exact) mass is 354 g/mol. The highest BCUT2D eigenvalue weighted by Gasteiger charge is 2.03. The van der Waals surface area contributed by atoms with Crippen LogP contribution in [0.3, 0.4) is 0 Å². The first-order chi connectivity index (χ1) is 12.6. The van der Waals surface area contributed by atoms with Crippen molar-refractivity contribution in [3.05, 3.63) is 59.7 Å². The largest absolute Gasteiger partial charge is 0.496 e. The van der Waals surface area contributed by atoms with Crippen LogP contribution in [-0.4, -0.2) is 47.3 Å². The maximum absolute atomic E-state index is 5.39. The highest BCUT2D eigenvalue weighted by Crippen LogP contribution is 2.17. The van der Waals surface area contributed by atoms with Crippen molar-refractivity contribution in [1.29, 1.82) is 0 Å². The maximum Gasteiger partial charge on any atom is 0.190 e. The Morgan fingerprint density at radius 1 is 0.962 bits per heavy atom. The van der Waals surface area contributed by atoms with Crippen LogP contribution in [0.5, 0.6) is 5.75 Å². The van der Waals surface area contributed by atoms with Crippen molar-refractivity contribution in [3.8, 4) is 5.75 Å². The second-order valence-corrected chi connectivity index (χ2v) is 6.30. The molecule has 0 unspecified atom stereocenters. The van der Waals surface area contributed by atoms with Gasteiger partial charge in [0, 0.05) is 39.9 Å². The van der Waals surface area contributed by atoms with Crippen molar-refractivity contribution in [2.24, 2.45) is 4.99 Å². The zero-order valence-corrected chi connectivity index (χ0v) is 16.2. The van der Waals surface area contributed by atoms with Gasteiger partial charge < -0.3 is 20.3 Å². The number of ether oxygens (including phenoxy) is 1. The van der Waals surface area contributed by atoms with Crippen molar-refractivity contribution < 1.29 is 4.74 Å². The molecule has 140 valence electrons. The molecule has 0 aromatic heterocycles. The van der Waals surface area contributed by atoms with Gasteiger partial charge in [0.25, 0.3) is 0 Å². The van der Waals surface area contributed by atoms with E-state index in [9.17, 15) is 0 Å². The summed E-state index contributed by atoms with van der Waals surface area (Å²) in [5.41, 5.74) is 3.72. The van der Waals surface area contributed by atoms with Gasteiger partial charge in [0.2, 0.25) is 0 Å². The number of hydrogen-bond acceptors (Lipinski definition) is 3. The lowest BCUT2D eigenvalue weighted by atomic mass is 10.1. The molecule has 0 saturated heterocycles. The summed E-state index contributed by atoms with van der Waals surface area (Å²) in [6.07, 6.45) is 1.84. The summed E-state index contributed by atoms with van der Waals surface area (Å²) in [5, 5.41) is 6.72. The minimum Gasteiger partial charge on any atom is -0.496 e. The SMILES string of the molecule is CN=C(NCCc1ccc(N(C)C)cc1)NCCc1ccccc1OC. The minimum atomic E-state index is 0.803. The molecule has 0 spiro atoms. The quantitative estimate of drug-likeness (QED) is 0.565. The van der Waals surface area contributed by atoms with Gasteiger partial charge in [-0.25, -0.2) is 0 Å². The molecule has 0 bridgehead atoms. The normalized spacial score (nSPS) is 11.2. The van der Waals surface area contributed by atoms with E-state index >= 15 is 0 Å². The fourth-order valence-corrected chi connectivity index (χ4v) is 2.73. The van der Waals surface area contributed by atoms with Crippen LogP contribution in [0.25, 0.3) is 0 Å². The van der Waals surface area contributed by atoms with Gasteiger partial charge in [0.15, 0.2) is 5.96 Å². The van der Waals surface area contributed by atoms with E-state index in [-0.39, 0.29) is 0 Å². The van der Waals surface area contributed by atoms with Crippen molar-refractivity contribution in [2.75, 3.05) is 46.2 Å². The Kier molecular flexibility index (Phi) is 7.80. The lowest BCUT2D eigenvalue weighted by Crippen LogP contribution is -2.39. The first-order valence-corrected chi connectivity index (χ1v) is 8.96. The van der Waals surface area contributed by atoms with Crippen LogP contribution in [0, 0.1) is 0 Å². The zero-order chi connectivity index (χ0) is 18.8. The van der Waals surface area contributed by atoms with E-state index in [4.69, 9.17) is 4.74 Å².